The number of hydrogen-bond donors (Lipinski definition) is 0. The van der Waals surface area contributed by atoms with Crippen LogP contribution in [-0.4, -0.2) is 0 Å². The second-order valence-electron chi connectivity index (χ2n) is 4.05. The molecule has 80 valence electrons. The molecule has 0 nitrogen and oxygen atoms in total. The van der Waals surface area contributed by atoms with Crippen LogP contribution in [0.25, 0.3) is 0 Å². The fourth-order valence-corrected chi connectivity index (χ4v) is 1.43. The van der Waals surface area contributed by atoms with Crippen molar-refractivity contribution in [2.45, 2.75) is 26.7 Å². The van der Waals surface area contributed by atoms with Crippen molar-refractivity contribution in [3.8, 4) is 12.3 Å². The molecule has 0 heteroatoms. The van der Waals surface area contributed by atoms with Crippen LogP contribution in [0.5, 0.6) is 0 Å². The van der Waals surface area contributed by atoms with E-state index in [1.807, 2.05) is 18.2 Å². The van der Waals surface area contributed by atoms with E-state index in [1.54, 1.807) is 6.08 Å². The first-order valence-electron chi connectivity index (χ1n) is 5.10. The van der Waals surface area contributed by atoms with Gasteiger partial charge >= 0.3 is 0 Å². The number of rotatable bonds is 6. The fourth-order valence-electron chi connectivity index (χ4n) is 1.43. The van der Waals surface area contributed by atoms with E-state index in [1.165, 1.54) is 5.57 Å². The molecule has 1 atom stereocenters. The van der Waals surface area contributed by atoms with Crippen molar-refractivity contribution in [1.29, 1.82) is 0 Å². The summed E-state index contributed by atoms with van der Waals surface area (Å²) in [4.78, 5) is 0. The molecular weight excluding hydrogens is 180 g/mol. The summed E-state index contributed by atoms with van der Waals surface area (Å²) in [5, 5.41) is 0. The van der Waals surface area contributed by atoms with Gasteiger partial charge < -0.3 is 0 Å². The highest BCUT2D eigenvalue weighted by molar-refractivity contribution is 5.17. The monoisotopic (exact) mass is 200 g/mol. The van der Waals surface area contributed by atoms with Crippen LogP contribution >= 0.6 is 0 Å². The van der Waals surface area contributed by atoms with E-state index in [-0.39, 0.29) is 5.41 Å². The summed E-state index contributed by atoms with van der Waals surface area (Å²) in [7, 11) is 0. The number of hydrogen-bond acceptors (Lipinski definition) is 0. The van der Waals surface area contributed by atoms with Crippen molar-refractivity contribution in [3.63, 3.8) is 0 Å². The lowest BCUT2D eigenvalue weighted by Gasteiger charge is -2.23. The van der Waals surface area contributed by atoms with E-state index in [0.717, 1.165) is 12.8 Å². The largest absolute Gasteiger partial charge is 0.120 e. The van der Waals surface area contributed by atoms with E-state index < -0.39 is 0 Å². The standard InChI is InChI=1S/C15H20/c1-6-9-10-11-14(4)13-15(5,8-3)12-7-2/h2,6,8-11H,1,3,12-13H2,4-5H3/b10-9-,14-11+. The average molecular weight is 200 g/mol. The molecule has 0 amide bonds. The van der Waals surface area contributed by atoms with Crippen LogP contribution in [0.1, 0.15) is 26.7 Å². The van der Waals surface area contributed by atoms with Crippen LogP contribution in [0, 0.1) is 17.8 Å². The lowest BCUT2D eigenvalue weighted by Crippen LogP contribution is -2.12. The maximum Gasteiger partial charge on any atom is 0.0178 e. The van der Waals surface area contributed by atoms with Gasteiger partial charge in [-0.25, -0.2) is 0 Å². The first-order valence-corrected chi connectivity index (χ1v) is 5.10. The Morgan fingerprint density at radius 3 is 2.53 bits per heavy atom. The van der Waals surface area contributed by atoms with Crippen LogP contribution in [0.15, 0.2) is 49.1 Å². The summed E-state index contributed by atoms with van der Waals surface area (Å²) in [6, 6.07) is 0. The molecule has 0 aromatic rings. The van der Waals surface area contributed by atoms with Gasteiger partial charge in [-0.3, -0.25) is 0 Å². The van der Waals surface area contributed by atoms with Gasteiger partial charge in [-0.2, -0.15) is 0 Å². The highest BCUT2D eigenvalue weighted by Crippen LogP contribution is 2.30. The Hall–Kier alpha value is -1.48. The SMILES string of the molecule is C#CCC(C)(C=C)C/C(C)=C/C=C\C=C. The number of terminal acetylenes is 1. The Morgan fingerprint density at radius 1 is 1.40 bits per heavy atom. The lowest BCUT2D eigenvalue weighted by atomic mass is 9.81. The minimum absolute atomic E-state index is 0.0113. The molecule has 0 radical (unpaired) electrons. The van der Waals surface area contributed by atoms with Crippen LogP contribution < -0.4 is 0 Å². The third kappa shape index (κ3) is 5.75. The van der Waals surface area contributed by atoms with Gasteiger partial charge in [0.05, 0.1) is 0 Å². The molecule has 0 spiro atoms. The average Bonchev–Trinajstić information content (AvgIpc) is 2.18. The Bertz CT molecular complexity index is 309. The molecule has 1 unspecified atom stereocenters. The molecule has 0 aromatic heterocycles. The van der Waals surface area contributed by atoms with Crippen LogP contribution in [-0.2, 0) is 0 Å². The molecule has 0 aliphatic carbocycles. The molecule has 0 aliphatic heterocycles. The van der Waals surface area contributed by atoms with Crippen LogP contribution in [0.4, 0.5) is 0 Å². The van der Waals surface area contributed by atoms with Gasteiger partial charge in [0.1, 0.15) is 0 Å². The van der Waals surface area contributed by atoms with Gasteiger partial charge in [0, 0.05) is 6.42 Å². The molecule has 0 heterocycles. The molecule has 0 saturated heterocycles. The molecule has 15 heavy (non-hydrogen) atoms. The van der Waals surface area contributed by atoms with Gasteiger partial charge in [0.15, 0.2) is 0 Å². The van der Waals surface area contributed by atoms with Crippen molar-refractivity contribution >= 4 is 0 Å². The third-order valence-electron chi connectivity index (χ3n) is 2.31. The van der Waals surface area contributed by atoms with E-state index in [4.69, 9.17) is 6.42 Å². The Balaban J connectivity index is 4.49. The summed E-state index contributed by atoms with van der Waals surface area (Å²) in [5.74, 6) is 2.70. The van der Waals surface area contributed by atoms with Crippen molar-refractivity contribution < 1.29 is 0 Å². The molecule has 0 N–H and O–H groups in total. The van der Waals surface area contributed by atoms with Gasteiger partial charge in [-0.05, 0) is 18.8 Å². The first kappa shape index (κ1) is 13.5. The van der Waals surface area contributed by atoms with Crippen molar-refractivity contribution in [3.05, 3.63) is 49.1 Å². The minimum Gasteiger partial charge on any atom is -0.120 e. The van der Waals surface area contributed by atoms with Crippen molar-refractivity contribution in [2.75, 3.05) is 0 Å². The predicted molar refractivity (Wildman–Crippen MR) is 69.5 cm³/mol. The second kappa shape index (κ2) is 6.90. The quantitative estimate of drug-likeness (QED) is 0.341. The Labute approximate surface area is 94.1 Å². The zero-order valence-corrected chi connectivity index (χ0v) is 9.79. The van der Waals surface area contributed by atoms with E-state index in [9.17, 15) is 0 Å². The molecule has 0 bridgehead atoms. The van der Waals surface area contributed by atoms with Crippen LogP contribution in [0.2, 0.25) is 0 Å². The Morgan fingerprint density at radius 2 is 2.07 bits per heavy atom. The first-order chi connectivity index (χ1) is 7.08. The molecule has 0 aromatic carbocycles. The normalized spacial score (nSPS) is 15.7. The van der Waals surface area contributed by atoms with E-state index in [0.29, 0.717) is 0 Å². The summed E-state index contributed by atoms with van der Waals surface area (Å²) in [6.07, 6.45) is 16.7. The Kier molecular flexibility index (Phi) is 6.22. The highest BCUT2D eigenvalue weighted by atomic mass is 14.2. The molecular formula is C15H20. The summed E-state index contributed by atoms with van der Waals surface area (Å²) < 4.78 is 0. The van der Waals surface area contributed by atoms with Crippen LogP contribution in [0.3, 0.4) is 0 Å². The molecule has 0 saturated carbocycles. The smallest absolute Gasteiger partial charge is 0.0178 e. The zero-order chi connectivity index (χ0) is 11.7. The fraction of sp³-hybridized carbons (Fsp3) is 0.333. The zero-order valence-electron chi connectivity index (χ0n) is 9.79. The highest BCUT2D eigenvalue weighted by Gasteiger charge is 2.18. The van der Waals surface area contributed by atoms with Gasteiger partial charge in [-0.1, -0.05) is 49.5 Å². The number of allylic oxidation sites excluding steroid dienone is 6. The molecule has 0 aliphatic rings. The maximum absolute atomic E-state index is 5.34. The minimum atomic E-state index is 0.0113. The van der Waals surface area contributed by atoms with E-state index in [2.05, 4.69) is 39.0 Å². The van der Waals surface area contributed by atoms with Gasteiger partial charge in [0.25, 0.3) is 0 Å². The lowest BCUT2D eigenvalue weighted by molar-refractivity contribution is 0.437. The maximum atomic E-state index is 5.34. The second-order valence-corrected chi connectivity index (χ2v) is 4.05. The molecule has 0 fully saturated rings. The summed E-state index contributed by atoms with van der Waals surface area (Å²) >= 11 is 0. The third-order valence-corrected chi connectivity index (χ3v) is 2.31. The summed E-state index contributed by atoms with van der Waals surface area (Å²) in [6.45, 7) is 11.7. The van der Waals surface area contributed by atoms with Crippen molar-refractivity contribution in [2.24, 2.45) is 5.41 Å². The van der Waals surface area contributed by atoms with Gasteiger partial charge in [0.2, 0.25) is 0 Å². The van der Waals surface area contributed by atoms with Gasteiger partial charge in [-0.15, -0.1) is 18.9 Å². The van der Waals surface area contributed by atoms with Crippen molar-refractivity contribution in [1.82, 2.24) is 0 Å². The summed E-state index contributed by atoms with van der Waals surface area (Å²) in [5.41, 5.74) is 1.31. The topological polar surface area (TPSA) is 0 Å². The predicted octanol–water partition coefficient (Wildman–Crippen LogP) is 4.28. The van der Waals surface area contributed by atoms with E-state index >= 15 is 0 Å². The molecule has 0 rings (SSSR count).